The SMILES string of the molecule is CCOc1ccc(-c2c(C)sc3nc(C)n(CC(=O)OCCC(C)C)c(=O)c23)cc1. The lowest BCUT2D eigenvalue weighted by Crippen LogP contribution is -2.28. The summed E-state index contributed by atoms with van der Waals surface area (Å²) in [5.41, 5.74) is 1.57. The summed E-state index contributed by atoms with van der Waals surface area (Å²) in [6.07, 6.45) is 0.794. The van der Waals surface area contributed by atoms with E-state index in [1.165, 1.54) is 15.9 Å². The zero-order valence-electron chi connectivity index (χ0n) is 18.2. The van der Waals surface area contributed by atoms with Crippen LogP contribution in [0.25, 0.3) is 21.3 Å². The largest absolute Gasteiger partial charge is 0.494 e. The van der Waals surface area contributed by atoms with Crippen LogP contribution in [-0.2, 0) is 16.1 Å². The summed E-state index contributed by atoms with van der Waals surface area (Å²) in [5.74, 6) is 1.32. The number of hydrogen-bond acceptors (Lipinski definition) is 6. The minimum Gasteiger partial charge on any atom is -0.494 e. The van der Waals surface area contributed by atoms with Gasteiger partial charge in [-0.15, -0.1) is 11.3 Å². The van der Waals surface area contributed by atoms with Crippen LogP contribution in [0.5, 0.6) is 5.75 Å². The first-order chi connectivity index (χ1) is 14.3. The van der Waals surface area contributed by atoms with Crippen molar-refractivity contribution in [2.75, 3.05) is 13.2 Å². The number of benzene rings is 1. The number of aryl methyl sites for hydroxylation is 2. The van der Waals surface area contributed by atoms with Crippen molar-refractivity contribution in [3.8, 4) is 16.9 Å². The van der Waals surface area contributed by atoms with Crippen LogP contribution < -0.4 is 10.3 Å². The van der Waals surface area contributed by atoms with Gasteiger partial charge >= 0.3 is 5.97 Å². The molecular weight excluding hydrogens is 400 g/mol. The first-order valence-electron chi connectivity index (χ1n) is 10.2. The average Bonchev–Trinajstić information content (AvgIpc) is 3.01. The maximum Gasteiger partial charge on any atom is 0.326 e. The molecule has 6 nitrogen and oxygen atoms in total. The minimum atomic E-state index is -0.420. The van der Waals surface area contributed by atoms with E-state index >= 15 is 0 Å². The molecule has 0 saturated heterocycles. The van der Waals surface area contributed by atoms with E-state index < -0.39 is 5.97 Å². The number of carbonyl (C=O) groups is 1. The highest BCUT2D eigenvalue weighted by atomic mass is 32.1. The fraction of sp³-hybridized carbons (Fsp3) is 0.435. The number of esters is 1. The second-order valence-corrected chi connectivity index (χ2v) is 8.83. The number of fused-ring (bicyclic) bond motifs is 1. The predicted molar refractivity (Wildman–Crippen MR) is 120 cm³/mol. The molecule has 2 aromatic heterocycles. The van der Waals surface area contributed by atoms with E-state index in [0.717, 1.165) is 28.2 Å². The Hall–Kier alpha value is -2.67. The molecule has 0 bridgehead atoms. The number of aromatic nitrogens is 2. The van der Waals surface area contributed by atoms with Crippen molar-refractivity contribution in [2.24, 2.45) is 5.92 Å². The third-order valence-electron chi connectivity index (χ3n) is 4.88. The molecule has 3 aromatic rings. The summed E-state index contributed by atoms with van der Waals surface area (Å²) in [6.45, 7) is 10.6. The summed E-state index contributed by atoms with van der Waals surface area (Å²) in [6, 6.07) is 7.69. The van der Waals surface area contributed by atoms with Crippen molar-refractivity contribution in [2.45, 2.75) is 47.6 Å². The molecule has 0 saturated carbocycles. The molecule has 0 aliphatic carbocycles. The van der Waals surface area contributed by atoms with Crippen LogP contribution in [0.3, 0.4) is 0 Å². The summed E-state index contributed by atoms with van der Waals surface area (Å²) in [5, 5.41) is 0.544. The third-order valence-corrected chi connectivity index (χ3v) is 5.88. The molecule has 0 radical (unpaired) electrons. The second-order valence-electron chi connectivity index (χ2n) is 7.62. The van der Waals surface area contributed by atoms with Gasteiger partial charge in [-0.3, -0.25) is 14.2 Å². The molecule has 3 rings (SSSR count). The van der Waals surface area contributed by atoms with E-state index in [2.05, 4.69) is 18.8 Å². The monoisotopic (exact) mass is 428 g/mol. The van der Waals surface area contributed by atoms with Crippen LogP contribution in [0.1, 0.15) is 37.9 Å². The van der Waals surface area contributed by atoms with Gasteiger partial charge in [0.05, 0.1) is 18.6 Å². The third kappa shape index (κ3) is 4.73. The van der Waals surface area contributed by atoms with Gasteiger partial charge in [0.1, 0.15) is 22.9 Å². The molecule has 0 atom stereocenters. The van der Waals surface area contributed by atoms with Gasteiger partial charge in [0.2, 0.25) is 0 Å². The highest BCUT2D eigenvalue weighted by Crippen LogP contribution is 2.36. The maximum absolute atomic E-state index is 13.3. The van der Waals surface area contributed by atoms with Gasteiger partial charge in [0, 0.05) is 10.4 Å². The molecule has 7 heteroatoms. The number of nitrogens with zero attached hydrogens (tertiary/aromatic N) is 2. The fourth-order valence-corrected chi connectivity index (χ4v) is 4.38. The summed E-state index contributed by atoms with van der Waals surface area (Å²) >= 11 is 1.49. The Morgan fingerprint density at radius 3 is 2.53 bits per heavy atom. The Balaban J connectivity index is 1.98. The van der Waals surface area contributed by atoms with Gasteiger partial charge < -0.3 is 9.47 Å². The lowest BCUT2D eigenvalue weighted by atomic mass is 10.0. The van der Waals surface area contributed by atoms with Crippen LogP contribution in [0, 0.1) is 19.8 Å². The van der Waals surface area contributed by atoms with Gasteiger partial charge in [-0.05, 0) is 50.8 Å². The highest BCUT2D eigenvalue weighted by Gasteiger charge is 2.20. The topological polar surface area (TPSA) is 70.4 Å². The van der Waals surface area contributed by atoms with Crippen LogP contribution in [0.4, 0.5) is 0 Å². The van der Waals surface area contributed by atoms with Crippen molar-refractivity contribution >= 4 is 27.5 Å². The molecule has 0 aliphatic rings. The number of thiophene rings is 1. The minimum absolute atomic E-state index is 0.136. The smallest absolute Gasteiger partial charge is 0.326 e. The molecule has 0 unspecified atom stereocenters. The Morgan fingerprint density at radius 2 is 1.90 bits per heavy atom. The molecule has 0 spiro atoms. The van der Waals surface area contributed by atoms with Gasteiger partial charge in [-0.1, -0.05) is 26.0 Å². The van der Waals surface area contributed by atoms with Crippen molar-refractivity contribution in [1.29, 1.82) is 0 Å². The zero-order chi connectivity index (χ0) is 21.8. The summed E-state index contributed by atoms with van der Waals surface area (Å²) < 4.78 is 12.2. The van der Waals surface area contributed by atoms with E-state index in [9.17, 15) is 9.59 Å². The van der Waals surface area contributed by atoms with Crippen molar-refractivity contribution < 1.29 is 14.3 Å². The zero-order valence-corrected chi connectivity index (χ0v) is 19.0. The van der Waals surface area contributed by atoms with Crippen LogP contribution >= 0.6 is 11.3 Å². The van der Waals surface area contributed by atoms with E-state index in [-0.39, 0.29) is 12.1 Å². The highest BCUT2D eigenvalue weighted by molar-refractivity contribution is 7.19. The van der Waals surface area contributed by atoms with Crippen molar-refractivity contribution in [3.05, 3.63) is 45.3 Å². The Labute approximate surface area is 180 Å². The quantitative estimate of drug-likeness (QED) is 0.485. The molecule has 0 aliphatic heterocycles. The fourth-order valence-electron chi connectivity index (χ4n) is 3.30. The number of ether oxygens (including phenoxy) is 2. The first-order valence-corrected chi connectivity index (χ1v) is 11.0. The number of carbonyl (C=O) groups excluding carboxylic acids is 1. The van der Waals surface area contributed by atoms with Gasteiger partial charge in [0.25, 0.3) is 5.56 Å². The molecular formula is C23H28N2O4S. The van der Waals surface area contributed by atoms with Crippen molar-refractivity contribution in [3.63, 3.8) is 0 Å². The van der Waals surface area contributed by atoms with Gasteiger partial charge in [-0.25, -0.2) is 4.98 Å². The number of hydrogen-bond donors (Lipinski definition) is 0. The standard InChI is InChI=1S/C23H28N2O4S/c1-6-28-18-9-7-17(8-10-18)20-15(4)30-22-21(20)23(27)25(16(5)24-22)13-19(26)29-12-11-14(2)3/h7-10,14H,6,11-13H2,1-5H3. The van der Waals surface area contributed by atoms with E-state index in [4.69, 9.17) is 9.47 Å². The molecule has 0 amide bonds. The van der Waals surface area contributed by atoms with Crippen LogP contribution in [0.15, 0.2) is 29.1 Å². The lowest BCUT2D eigenvalue weighted by molar-refractivity contribution is -0.144. The van der Waals surface area contributed by atoms with E-state index in [0.29, 0.717) is 35.2 Å². The Morgan fingerprint density at radius 1 is 1.20 bits per heavy atom. The van der Waals surface area contributed by atoms with Crippen LogP contribution in [0.2, 0.25) is 0 Å². The lowest BCUT2D eigenvalue weighted by Gasteiger charge is -2.11. The molecule has 160 valence electrons. The van der Waals surface area contributed by atoms with Gasteiger partial charge in [-0.2, -0.15) is 0 Å². The summed E-state index contributed by atoms with van der Waals surface area (Å²) in [4.78, 5) is 31.9. The molecule has 0 N–H and O–H groups in total. The van der Waals surface area contributed by atoms with Crippen LogP contribution in [-0.4, -0.2) is 28.7 Å². The normalized spacial score (nSPS) is 11.3. The molecule has 1 aromatic carbocycles. The number of rotatable bonds is 8. The predicted octanol–water partition coefficient (Wildman–Crippen LogP) is 4.73. The molecule has 0 fully saturated rings. The molecule has 2 heterocycles. The summed E-state index contributed by atoms with van der Waals surface area (Å²) in [7, 11) is 0. The molecule has 30 heavy (non-hydrogen) atoms. The van der Waals surface area contributed by atoms with Gasteiger partial charge in [0.15, 0.2) is 0 Å². The van der Waals surface area contributed by atoms with E-state index in [1.807, 2.05) is 38.1 Å². The maximum atomic E-state index is 13.3. The van der Waals surface area contributed by atoms with E-state index in [1.54, 1.807) is 6.92 Å². The van der Waals surface area contributed by atoms with Crippen molar-refractivity contribution in [1.82, 2.24) is 9.55 Å². The average molecular weight is 429 g/mol. The second kappa shape index (κ2) is 9.43. The first kappa shape index (κ1) is 22.0. The Bertz CT molecular complexity index is 1100. The Kier molecular flexibility index (Phi) is 6.92.